The highest BCUT2D eigenvalue weighted by molar-refractivity contribution is 5.81. The first-order valence-corrected chi connectivity index (χ1v) is 8.59. The summed E-state index contributed by atoms with van der Waals surface area (Å²) in [5, 5.41) is 9.78. The molecule has 3 fully saturated rings. The minimum Gasteiger partial charge on any atom is -0.490 e. The van der Waals surface area contributed by atoms with E-state index < -0.39 is 5.60 Å². The Bertz CT molecular complexity index is 617. The Morgan fingerprint density at radius 2 is 1.87 bits per heavy atom. The van der Waals surface area contributed by atoms with Crippen molar-refractivity contribution in [3.05, 3.63) is 29.8 Å². The molecule has 0 radical (unpaired) electrons. The molecule has 0 aromatic heterocycles. The molecule has 4 rings (SSSR count). The summed E-state index contributed by atoms with van der Waals surface area (Å²) < 4.78 is 6.08. The summed E-state index contributed by atoms with van der Waals surface area (Å²) in [7, 11) is 0. The molecule has 0 bridgehead atoms. The highest BCUT2D eigenvalue weighted by atomic mass is 16.5. The Hall–Kier alpha value is -1.55. The number of hydrogen-bond donors (Lipinski definition) is 1. The lowest BCUT2D eigenvalue weighted by Crippen LogP contribution is -2.67. The van der Waals surface area contributed by atoms with Gasteiger partial charge in [0.1, 0.15) is 11.9 Å². The molecule has 1 N–H and O–H groups in total. The van der Waals surface area contributed by atoms with E-state index in [2.05, 4.69) is 13.0 Å². The van der Waals surface area contributed by atoms with E-state index in [1.54, 1.807) is 0 Å². The molecule has 4 heteroatoms. The van der Waals surface area contributed by atoms with Crippen LogP contribution in [0.1, 0.15) is 38.2 Å². The number of aryl methyl sites for hydroxylation is 1. The highest BCUT2D eigenvalue weighted by Crippen LogP contribution is 2.51. The van der Waals surface area contributed by atoms with Crippen molar-refractivity contribution in [3.8, 4) is 5.75 Å². The predicted molar refractivity (Wildman–Crippen MR) is 87.2 cm³/mol. The van der Waals surface area contributed by atoms with Gasteiger partial charge in [-0.15, -0.1) is 0 Å². The summed E-state index contributed by atoms with van der Waals surface area (Å²) in [6, 6.07) is 8.13. The number of aliphatic hydroxyl groups is 1. The van der Waals surface area contributed by atoms with E-state index in [1.807, 2.05) is 30.0 Å². The lowest BCUT2D eigenvalue weighted by Gasteiger charge is -2.59. The van der Waals surface area contributed by atoms with Crippen LogP contribution in [-0.4, -0.2) is 40.7 Å². The van der Waals surface area contributed by atoms with Crippen molar-refractivity contribution >= 4 is 5.91 Å². The van der Waals surface area contributed by atoms with E-state index in [0.29, 0.717) is 18.3 Å². The lowest BCUT2D eigenvalue weighted by atomic mass is 9.61. The first-order chi connectivity index (χ1) is 10.9. The Kier molecular flexibility index (Phi) is 3.24. The van der Waals surface area contributed by atoms with Gasteiger partial charge < -0.3 is 14.7 Å². The molecular weight excluding hydrogens is 290 g/mol. The van der Waals surface area contributed by atoms with Crippen molar-refractivity contribution in [2.24, 2.45) is 11.3 Å². The van der Waals surface area contributed by atoms with Gasteiger partial charge in [-0.3, -0.25) is 4.79 Å². The summed E-state index contributed by atoms with van der Waals surface area (Å²) in [6.45, 7) is 5.63. The highest BCUT2D eigenvalue weighted by Gasteiger charge is 2.56. The number of carbonyl (C=O) groups excluding carboxylic acids is 1. The van der Waals surface area contributed by atoms with Crippen LogP contribution in [0.4, 0.5) is 0 Å². The van der Waals surface area contributed by atoms with Gasteiger partial charge in [-0.25, -0.2) is 0 Å². The third-order valence-corrected chi connectivity index (χ3v) is 5.79. The summed E-state index contributed by atoms with van der Waals surface area (Å²) >= 11 is 0. The van der Waals surface area contributed by atoms with Gasteiger partial charge in [0.15, 0.2) is 0 Å². The van der Waals surface area contributed by atoms with E-state index in [9.17, 15) is 9.90 Å². The number of amides is 1. The molecule has 2 aliphatic carbocycles. The molecular formula is C19H25NO3. The quantitative estimate of drug-likeness (QED) is 0.932. The molecule has 1 amide bonds. The minimum atomic E-state index is -0.619. The van der Waals surface area contributed by atoms with Crippen LogP contribution in [0.25, 0.3) is 0 Å². The summed E-state index contributed by atoms with van der Waals surface area (Å²) in [6.07, 6.45) is 3.63. The number of rotatable bonds is 3. The molecule has 4 nitrogen and oxygen atoms in total. The average molecular weight is 315 g/mol. The molecule has 1 saturated heterocycles. The Morgan fingerprint density at radius 1 is 1.22 bits per heavy atom. The van der Waals surface area contributed by atoms with E-state index in [1.165, 1.54) is 5.56 Å². The van der Waals surface area contributed by atoms with Crippen molar-refractivity contribution in [3.63, 3.8) is 0 Å². The van der Waals surface area contributed by atoms with Gasteiger partial charge in [-0.1, -0.05) is 18.2 Å². The molecule has 23 heavy (non-hydrogen) atoms. The fourth-order valence-corrected chi connectivity index (χ4v) is 4.47. The molecule has 1 heterocycles. The average Bonchev–Trinajstić information content (AvgIpc) is 2.38. The maximum absolute atomic E-state index is 12.3. The van der Waals surface area contributed by atoms with Crippen molar-refractivity contribution < 1.29 is 14.6 Å². The normalized spacial score (nSPS) is 32.0. The summed E-state index contributed by atoms with van der Waals surface area (Å²) in [4.78, 5) is 14.3. The number of para-hydroxylation sites is 1. The van der Waals surface area contributed by atoms with Crippen LogP contribution in [-0.2, 0) is 4.79 Å². The fraction of sp³-hybridized carbons (Fsp3) is 0.632. The van der Waals surface area contributed by atoms with E-state index in [0.717, 1.165) is 31.7 Å². The van der Waals surface area contributed by atoms with Gasteiger partial charge in [0.25, 0.3) is 0 Å². The maximum Gasteiger partial charge on any atom is 0.225 e. The van der Waals surface area contributed by atoms with Crippen molar-refractivity contribution in [2.75, 3.05) is 13.1 Å². The zero-order valence-corrected chi connectivity index (χ0v) is 13.9. The van der Waals surface area contributed by atoms with Crippen LogP contribution in [0, 0.1) is 18.3 Å². The molecule has 1 spiro atoms. The number of hydrogen-bond acceptors (Lipinski definition) is 3. The molecule has 124 valence electrons. The first kappa shape index (κ1) is 15.0. The lowest BCUT2D eigenvalue weighted by molar-refractivity contribution is -0.174. The number of likely N-dealkylation sites (tertiary alicyclic amines) is 1. The minimum absolute atomic E-state index is 0.0430. The third-order valence-electron chi connectivity index (χ3n) is 5.79. The molecule has 1 aliphatic heterocycles. The number of carbonyl (C=O) groups is 1. The van der Waals surface area contributed by atoms with Crippen molar-refractivity contribution in [1.82, 2.24) is 4.90 Å². The molecule has 0 atom stereocenters. The van der Waals surface area contributed by atoms with Crippen LogP contribution < -0.4 is 4.74 Å². The van der Waals surface area contributed by atoms with Crippen LogP contribution in [0.3, 0.4) is 0 Å². The van der Waals surface area contributed by atoms with Crippen molar-refractivity contribution in [2.45, 2.75) is 51.2 Å². The summed E-state index contributed by atoms with van der Waals surface area (Å²) in [5.41, 5.74) is 0.858. The Balaban J connectivity index is 1.24. The smallest absolute Gasteiger partial charge is 0.225 e. The maximum atomic E-state index is 12.3. The van der Waals surface area contributed by atoms with Gasteiger partial charge in [0.2, 0.25) is 5.91 Å². The second-order valence-corrected chi connectivity index (χ2v) is 8.21. The molecule has 2 saturated carbocycles. The van der Waals surface area contributed by atoms with Crippen LogP contribution >= 0.6 is 0 Å². The predicted octanol–water partition coefficient (Wildman–Crippen LogP) is 2.53. The summed E-state index contributed by atoms with van der Waals surface area (Å²) in [5.74, 6) is 1.27. The number of benzene rings is 1. The van der Waals surface area contributed by atoms with Gasteiger partial charge in [-0.05, 0) is 51.2 Å². The first-order valence-electron chi connectivity index (χ1n) is 8.59. The van der Waals surface area contributed by atoms with Gasteiger partial charge in [-0.2, -0.15) is 0 Å². The Labute approximate surface area is 137 Å². The zero-order chi connectivity index (χ0) is 16.2. The topological polar surface area (TPSA) is 49.8 Å². The third kappa shape index (κ3) is 2.63. The molecule has 1 aromatic rings. The van der Waals surface area contributed by atoms with Gasteiger partial charge in [0, 0.05) is 24.4 Å². The fourth-order valence-electron chi connectivity index (χ4n) is 4.47. The second kappa shape index (κ2) is 4.97. The molecule has 0 unspecified atom stereocenters. The van der Waals surface area contributed by atoms with Gasteiger partial charge in [0.05, 0.1) is 5.60 Å². The molecule has 1 aromatic carbocycles. The number of nitrogens with zero attached hydrogens (tertiary/aromatic N) is 1. The van der Waals surface area contributed by atoms with Crippen LogP contribution in [0.15, 0.2) is 24.3 Å². The zero-order valence-electron chi connectivity index (χ0n) is 13.9. The van der Waals surface area contributed by atoms with Crippen LogP contribution in [0.2, 0.25) is 0 Å². The molecule has 3 aliphatic rings. The monoisotopic (exact) mass is 315 g/mol. The number of ether oxygens (including phenoxy) is 1. The van der Waals surface area contributed by atoms with Gasteiger partial charge >= 0.3 is 0 Å². The van der Waals surface area contributed by atoms with E-state index >= 15 is 0 Å². The Morgan fingerprint density at radius 3 is 2.48 bits per heavy atom. The van der Waals surface area contributed by atoms with Crippen LogP contribution in [0.5, 0.6) is 5.75 Å². The van der Waals surface area contributed by atoms with E-state index in [-0.39, 0.29) is 17.9 Å². The SMILES string of the molecule is Cc1ccccc1OC1CC2(C1)CN(C(=O)C1CC(C)(O)C1)C2. The standard InChI is InChI=1S/C19H25NO3/c1-13-5-3-4-6-16(13)23-15-9-19(10-15)11-20(12-19)17(21)14-7-18(2,22)8-14/h3-6,14-15,22H,7-12H2,1-2H3. The second-order valence-electron chi connectivity index (χ2n) is 8.21. The van der Waals surface area contributed by atoms with E-state index in [4.69, 9.17) is 4.74 Å². The largest absolute Gasteiger partial charge is 0.490 e. The van der Waals surface area contributed by atoms with Crippen molar-refractivity contribution in [1.29, 1.82) is 0 Å².